The van der Waals surface area contributed by atoms with Gasteiger partial charge in [-0.3, -0.25) is 5.32 Å². The Labute approximate surface area is 152 Å². The van der Waals surface area contributed by atoms with Gasteiger partial charge in [0.2, 0.25) is 0 Å². The van der Waals surface area contributed by atoms with E-state index < -0.39 is 0 Å². The number of urea groups is 1. The summed E-state index contributed by atoms with van der Waals surface area (Å²) in [5, 5.41) is 8.11. The number of likely N-dealkylation sites (tertiary alicyclic amines) is 1. The molecule has 0 bridgehead atoms. The Morgan fingerprint density at radius 3 is 3.04 bits per heavy atom. The van der Waals surface area contributed by atoms with Gasteiger partial charge >= 0.3 is 6.03 Å². The molecule has 0 unspecified atom stereocenters. The Morgan fingerprint density at radius 2 is 2.28 bits per heavy atom. The summed E-state index contributed by atoms with van der Waals surface area (Å²) in [5.41, 5.74) is 7.79. The van der Waals surface area contributed by atoms with Crippen LogP contribution in [0, 0.1) is 6.92 Å². The third-order valence-corrected chi connectivity index (χ3v) is 4.86. The van der Waals surface area contributed by atoms with Crippen molar-refractivity contribution in [3.05, 3.63) is 46.6 Å². The van der Waals surface area contributed by atoms with Crippen LogP contribution in [-0.4, -0.2) is 39.8 Å². The summed E-state index contributed by atoms with van der Waals surface area (Å²) in [7, 11) is 0. The molecule has 134 valence electrons. The van der Waals surface area contributed by atoms with Gasteiger partial charge in [0, 0.05) is 29.7 Å². The van der Waals surface area contributed by atoms with E-state index in [-0.39, 0.29) is 12.1 Å². The summed E-state index contributed by atoms with van der Waals surface area (Å²) in [6.45, 7) is 3.72. The molecule has 0 saturated carbocycles. The van der Waals surface area contributed by atoms with Gasteiger partial charge in [-0.25, -0.2) is 9.48 Å². The molecule has 1 aliphatic heterocycles. The van der Waals surface area contributed by atoms with Crippen LogP contribution in [0.2, 0.25) is 5.02 Å². The van der Waals surface area contributed by atoms with Crippen molar-refractivity contribution in [3.63, 3.8) is 0 Å². The number of nitrogens with zero attached hydrogens (tertiary/aromatic N) is 3. The summed E-state index contributed by atoms with van der Waals surface area (Å²) >= 11 is 6.06. The molecule has 2 heterocycles. The second kappa shape index (κ2) is 7.89. The second-order valence-electron chi connectivity index (χ2n) is 6.47. The highest BCUT2D eigenvalue weighted by atomic mass is 35.5. The molecule has 3 N–H and O–H groups in total. The first-order valence-electron chi connectivity index (χ1n) is 8.63. The molecule has 0 radical (unpaired) electrons. The van der Waals surface area contributed by atoms with Crippen LogP contribution in [-0.2, 0) is 6.54 Å². The maximum Gasteiger partial charge on any atom is 0.323 e. The fraction of sp³-hybridized carbons (Fsp3) is 0.444. The molecule has 3 rings (SSSR count). The number of piperidine rings is 1. The minimum absolute atomic E-state index is 0.105. The van der Waals surface area contributed by atoms with Gasteiger partial charge in [-0.1, -0.05) is 23.7 Å². The van der Waals surface area contributed by atoms with Crippen molar-refractivity contribution in [2.24, 2.45) is 5.73 Å². The number of amides is 2. The number of carbonyl (C=O) groups is 1. The molecule has 2 amide bonds. The topological polar surface area (TPSA) is 76.2 Å². The van der Waals surface area contributed by atoms with Crippen LogP contribution in [0.4, 0.5) is 10.6 Å². The molecule has 2 aromatic rings. The number of halogens is 1. The predicted molar refractivity (Wildman–Crippen MR) is 99.9 cm³/mol. The Hall–Kier alpha value is -2.05. The summed E-state index contributed by atoms with van der Waals surface area (Å²) < 4.78 is 1.79. The van der Waals surface area contributed by atoms with Crippen molar-refractivity contribution in [2.75, 3.05) is 18.4 Å². The minimum Gasteiger partial charge on any atom is -0.328 e. The van der Waals surface area contributed by atoms with Crippen molar-refractivity contribution < 1.29 is 4.79 Å². The highest BCUT2D eigenvalue weighted by Crippen LogP contribution is 2.21. The lowest BCUT2D eigenvalue weighted by molar-refractivity contribution is 0.165. The van der Waals surface area contributed by atoms with Crippen LogP contribution in [0.1, 0.15) is 30.4 Å². The number of rotatable bonds is 4. The molecule has 7 heteroatoms. The van der Waals surface area contributed by atoms with E-state index >= 15 is 0 Å². The van der Waals surface area contributed by atoms with Crippen LogP contribution in [0.15, 0.2) is 30.5 Å². The van der Waals surface area contributed by atoms with Crippen molar-refractivity contribution in [3.8, 4) is 0 Å². The molecule has 6 nitrogen and oxygen atoms in total. The number of aryl methyl sites for hydroxylation is 1. The number of aromatic nitrogens is 2. The van der Waals surface area contributed by atoms with Crippen LogP contribution >= 0.6 is 11.6 Å². The summed E-state index contributed by atoms with van der Waals surface area (Å²) in [4.78, 5) is 14.6. The first kappa shape index (κ1) is 17.8. The number of anilines is 1. The predicted octanol–water partition coefficient (Wildman–Crippen LogP) is 3.24. The highest BCUT2D eigenvalue weighted by Gasteiger charge is 2.26. The fourth-order valence-electron chi connectivity index (χ4n) is 3.26. The quantitative estimate of drug-likeness (QED) is 0.877. The molecule has 1 saturated heterocycles. The number of hydrogen-bond donors (Lipinski definition) is 2. The normalized spacial score (nSPS) is 17.6. The maximum atomic E-state index is 12.7. The highest BCUT2D eigenvalue weighted by molar-refractivity contribution is 6.30. The fourth-order valence-corrected chi connectivity index (χ4v) is 3.47. The lowest BCUT2D eigenvalue weighted by atomic mass is 10.0. The molecule has 1 aliphatic rings. The van der Waals surface area contributed by atoms with E-state index in [0.717, 1.165) is 36.9 Å². The Kier molecular flexibility index (Phi) is 5.60. The number of benzene rings is 1. The molecule has 1 aromatic heterocycles. The van der Waals surface area contributed by atoms with Gasteiger partial charge in [0.1, 0.15) is 5.82 Å². The second-order valence-corrected chi connectivity index (χ2v) is 6.91. The average Bonchev–Trinajstić information content (AvgIpc) is 2.95. The third-order valence-electron chi connectivity index (χ3n) is 4.63. The number of hydrogen-bond acceptors (Lipinski definition) is 3. The van der Waals surface area contributed by atoms with Gasteiger partial charge in [-0.2, -0.15) is 5.10 Å². The Balaban J connectivity index is 1.76. The third kappa shape index (κ3) is 4.14. The maximum absolute atomic E-state index is 12.7. The van der Waals surface area contributed by atoms with Crippen LogP contribution < -0.4 is 11.1 Å². The minimum atomic E-state index is -0.105. The zero-order valence-corrected chi connectivity index (χ0v) is 15.2. The average molecular weight is 362 g/mol. The number of nitrogens with one attached hydrogen (secondary N) is 1. The standard InChI is InChI=1S/C18H24ClN5O/c1-13-11-21-24(12-14-5-4-6-15(19)9-14)17(13)22-18(25)23-8-3-2-7-16(23)10-20/h4-6,9,11,16H,2-3,7-8,10,12,20H2,1H3,(H,22,25)/t16-/m1/s1. The Morgan fingerprint density at radius 1 is 1.44 bits per heavy atom. The van der Waals surface area contributed by atoms with Gasteiger partial charge in [0.25, 0.3) is 0 Å². The van der Waals surface area contributed by atoms with Gasteiger partial charge in [-0.05, 0) is 43.9 Å². The van der Waals surface area contributed by atoms with Gasteiger partial charge in [-0.15, -0.1) is 0 Å². The van der Waals surface area contributed by atoms with E-state index in [1.54, 1.807) is 10.9 Å². The van der Waals surface area contributed by atoms with Crippen LogP contribution in [0.25, 0.3) is 0 Å². The first-order chi connectivity index (χ1) is 12.1. The number of nitrogens with two attached hydrogens (primary N) is 1. The van der Waals surface area contributed by atoms with Crippen LogP contribution in [0.3, 0.4) is 0 Å². The van der Waals surface area contributed by atoms with E-state index in [0.29, 0.717) is 23.9 Å². The first-order valence-corrected chi connectivity index (χ1v) is 9.01. The zero-order chi connectivity index (χ0) is 17.8. The van der Waals surface area contributed by atoms with Gasteiger partial charge in [0.05, 0.1) is 12.7 Å². The SMILES string of the molecule is Cc1cnn(Cc2cccc(Cl)c2)c1NC(=O)N1CCCC[C@@H]1CN. The monoisotopic (exact) mass is 361 g/mol. The van der Waals surface area contributed by atoms with Gasteiger partial charge < -0.3 is 10.6 Å². The molecule has 0 spiro atoms. The van der Waals surface area contributed by atoms with Crippen molar-refractivity contribution >= 4 is 23.4 Å². The zero-order valence-electron chi connectivity index (χ0n) is 14.4. The van der Waals surface area contributed by atoms with E-state index in [2.05, 4.69) is 10.4 Å². The number of carbonyl (C=O) groups excluding carboxylic acids is 1. The molecule has 1 atom stereocenters. The molecule has 0 aliphatic carbocycles. The van der Waals surface area contributed by atoms with Crippen molar-refractivity contribution in [1.82, 2.24) is 14.7 Å². The molecule has 25 heavy (non-hydrogen) atoms. The lowest BCUT2D eigenvalue weighted by Crippen LogP contribution is -2.49. The largest absolute Gasteiger partial charge is 0.328 e. The summed E-state index contributed by atoms with van der Waals surface area (Å²) in [5.74, 6) is 0.714. The molecule has 1 aromatic carbocycles. The van der Waals surface area contributed by atoms with E-state index in [9.17, 15) is 4.79 Å². The summed E-state index contributed by atoms with van der Waals surface area (Å²) in [6, 6.07) is 7.64. The van der Waals surface area contributed by atoms with Crippen LogP contribution in [0.5, 0.6) is 0 Å². The van der Waals surface area contributed by atoms with Crippen molar-refractivity contribution in [1.29, 1.82) is 0 Å². The lowest BCUT2D eigenvalue weighted by Gasteiger charge is -2.35. The van der Waals surface area contributed by atoms with Crippen molar-refractivity contribution in [2.45, 2.75) is 38.8 Å². The van der Waals surface area contributed by atoms with E-state index in [1.807, 2.05) is 36.1 Å². The molecular weight excluding hydrogens is 338 g/mol. The van der Waals surface area contributed by atoms with E-state index in [1.165, 1.54) is 0 Å². The Bertz CT molecular complexity index is 745. The van der Waals surface area contributed by atoms with E-state index in [4.69, 9.17) is 17.3 Å². The summed E-state index contributed by atoms with van der Waals surface area (Å²) in [6.07, 6.45) is 4.86. The van der Waals surface area contributed by atoms with Gasteiger partial charge in [0.15, 0.2) is 0 Å². The molecular formula is C18H24ClN5O. The molecule has 1 fully saturated rings. The smallest absolute Gasteiger partial charge is 0.323 e.